The third-order valence-electron chi connectivity index (χ3n) is 3.51. The number of nitrogens with zero attached hydrogens (tertiary/aromatic N) is 2. The van der Waals surface area contributed by atoms with Crippen molar-refractivity contribution >= 4 is 24.6 Å². The van der Waals surface area contributed by atoms with Gasteiger partial charge in [-0.05, 0) is 36.4 Å². The van der Waals surface area contributed by atoms with E-state index in [9.17, 15) is 0 Å². The Morgan fingerprint density at radius 2 is 1.41 bits per heavy atom. The highest BCUT2D eigenvalue weighted by Crippen LogP contribution is 2.36. The van der Waals surface area contributed by atoms with Gasteiger partial charge in [0.15, 0.2) is 0 Å². The molecule has 0 aromatic heterocycles. The fourth-order valence-corrected chi connectivity index (χ4v) is 2.55. The quantitative estimate of drug-likeness (QED) is 0.880. The van der Waals surface area contributed by atoms with E-state index >= 15 is 0 Å². The van der Waals surface area contributed by atoms with Crippen molar-refractivity contribution in [2.24, 2.45) is 9.98 Å². The van der Waals surface area contributed by atoms with E-state index in [-0.39, 0.29) is 0 Å². The standard InChI is InChI=1S/C17H16N2O2S/c1-20-14-7-3-12(4-8-14)16-11-18-17(22,19-16)13-5-9-15(21-2)10-6-13/h3-11,22H,1-2H3. The lowest BCUT2D eigenvalue weighted by Gasteiger charge is -2.17. The maximum atomic E-state index is 5.17. The van der Waals surface area contributed by atoms with Crippen LogP contribution in [0.5, 0.6) is 11.5 Å². The third kappa shape index (κ3) is 2.72. The Morgan fingerprint density at radius 3 is 1.95 bits per heavy atom. The first kappa shape index (κ1) is 14.7. The van der Waals surface area contributed by atoms with Crippen LogP contribution >= 0.6 is 12.6 Å². The molecule has 0 radical (unpaired) electrons. The molecule has 2 aromatic carbocycles. The van der Waals surface area contributed by atoms with E-state index in [2.05, 4.69) is 22.6 Å². The molecule has 0 bridgehead atoms. The lowest BCUT2D eigenvalue weighted by atomic mass is 10.1. The van der Waals surface area contributed by atoms with Crippen LogP contribution in [0.25, 0.3) is 0 Å². The average Bonchev–Trinajstić information content (AvgIpc) is 2.98. The Kier molecular flexibility index (Phi) is 3.90. The number of hydrogen-bond acceptors (Lipinski definition) is 5. The molecule has 0 spiro atoms. The van der Waals surface area contributed by atoms with Crippen LogP contribution in [0.15, 0.2) is 58.5 Å². The van der Waals surface area contributed by atoms with Crippen LogP contribution in [0, 0.1) is 0 Å². The molecule has 5 heteroatoms. The molecule has 2 aromatic rings. The van der Waals surface area contributed by atoms with Gasteiger partial charge in [0.2, 0.25) is 4.99 Å². The summed E-state index contributed by atoms with van der Waals surface area (Å²) >= 11 is 4.63. The highest BCUT2D eigenvalue weighted by atomic mass is 32.1. The van der Waals surface area contributed by atoms with Gasteiger partial charge in [-0.1, -0.05) is 12.1 Å². The zero-order valence-electron chi connectivity index (χ0n) is 12.4. The van der Waals surface area contributed by atoms with E-state index < -0.39 is 4.99 Å². The van der Waals surface area contributed by atoms with Gasteiger partial charge in [0.1, 0.15) is 11.5 Å². The van der Waals surface area contributed by atoms with Crippen molar-refractivity contribution < 1.29 is 9.47 Å². The van der Waals surface area contributed by atoms with Crippen LogP contribution in [0.4, 0.5) is 0 Å². The summed E-state index contributed by atoms with van der Waals surface area (Å²) in [6.07, 6.45) is 1.75. The SMILES string of the molecule is COc1ccc(C2=NC(S)(c3ccc(OC)cc3)N=C2)cc1. The van der Waals surface area contributed by atoms with Crippen LogP contribution in [0.1, 0.15) is 11.1 Å². The van der Waals surface area contributed by atoms with Crippen LogP contribution in [0.3, 0.4) is 0 Å². The normalized spacial score (nSPS) is 19.9. The van der Waals surface area contributed by atoms with Crippen LogP contribution < -0.4 is 9.47 Å². The van der Waals surface area contributed by atoms with Gasteiger partial charge >= 0.3 is 0 Å². The minimum Gasteiger partial charge on any atom is -0.497 e. The number of methoxy groups -OCH3 is 2. The first-order valence-corrected chi connectivity index (χ1v) is 7.26. The lowest BCUT2D eigenvalue weighted by Crippen LogP contribution is -2.10. The van der Waals surface area contributed by atoms with E-state index in [1.165, 1.54) is 0 Å². The van der Waals surface area contributed by atoms with Gasteiger partial charge in [-0.15, -0.1) is 12.6 Å². The van der Waals surface area contributed by atoms with Crippen LogP contribution in [-0.4, -0.2) is 26.1 Å². The molecule has 112 valence electrons. The lowest BCUT2D eigenvalue weighted by molar-refractivity contribution is 0.414. The second-order valence-corrected chi connectivity index (χ2v) is 5.47. The van der Waals surface area contributed by atoms with Gasteiger partial charge in [0, 0.05) is 11.1 Å². The minimum absolute atomic E-state index is 0.794. The van der Waals surface area contributed by atoms with E-state index in [1.54, 1.807) is 20.4 Å². The Balaban J connectivity index is 1.89. The molecule has 0 amide bonds. The number of aliphatic imine (C=N–C) groups is 2. The first-order chi connectivity index (χ1) is 10.6. The smallest absolute Gasteiger partial charge is 0.221 e. The minimum atomic E-state index is -0.887. The zero-order valence-corrected chi connectivity index (χ0v) is 13.2. The molecule has 1 atom stereocenters. The molecule has 0 saturated carbocycles. The highest BCUT2D eigenvalue weighted by molar-refractivity contribution is 7.81. The van der Waals surface area contributed by atoms with Gasteiger partial charge in [-0.25, -0.2) is 9.98 Å². The number of ether oxygens (including phenoxy) is 2. The fraction of sp³-hybridized carbons (Fsp3) is 0.176. The van der Waals surface area contributed by atoms with Crippen molar-refractivity contribution in [2.75, 3.05) is 14.2 Å². The van der Waals surface area contributed by atoms with Crippen LogP contribution in [-0.2, 0) is 4.99 Å². The number of rotatable bonds is 4. The van der Waals surface area contributed by atoms with E-state index in [1.807, 2.05) is 48.5 Å². The third-order valence-corrected chi connectivity index (χ3v) is 3.98. The summed E-state index contributed by atoms with van der Waals surface area (Å²) in [5, 5.41) is 0. The molecular formula is C17H16N2O2S. The van der Waals surface area contributed by atoms with E-state index in [4.69, 9.17) is 9.47 Å². The molecule has 1 aliphatic heterocycles. The average molecular weight is 312 g/mol. The maximum Gasteiger partial charge on any atom is 0.221 e. The summed E-state index contributed by atoms with van der Waals surface area (Å²) in [5.41, 5.74) is 2.68. The predicted octanol–water partition coefficient (Wildman–Crippen LogP) is 3.32. The Morgan fingerprint density at radius 1 is 0.864 bits per heavy atom. The number of thiol groups is 1. The fourth-order valence-electron chi connectivity index (χ4n) is 2.23. The van der Waals surface area contributed by atoms with Crippen LogP contribution in [0.2, 0.25) is 0 Å². The van der Waals surface area contributed by atoms with Crippen molar-refractivity contribution in [3.05, 3.63) is 59.7 Å². The summed E-state index contributed by atoms with van der Waals surface area (Å²) in [6, 6.07) is 15.3. The van der Waals surface area contributed by atoms with Crippen molar-refractivity contribution in [1.29, 1.82) is 0 Å². The summed E-state index contributed by atoms with van der Waals surface area (Å²) in [6.45, 7) is 0. The van der Waals surface area contributed by atoms with Gasteiger partial charge in [-0.3, -0.25) is 0 Å². The maximum absolute atomic E-state index is 5.17. The first-order valence-electron chi connectivity index (χ1n) is 6.81. The molecule has 3 rings (SSSR count). The molecule has 0 aliphatic carbocycles. The van der Waals surface area contributed by atoms with Crippen molar-refractivity contribution in [1.82, 2.24) is 0 Å². The molecule has 0 saturated heterocycles. The van der Waals surface area contributed by atoms with E-state index in [0.717, 1.165) is 28.3 Å². The van der Waals surface area contributed by atoms with Gasteiger partial charge < -0.3 is 9.47 Å². The Hall–Kier alpha value is -2.27. The summed E-state index contributed by atoms with van der Waals surface area (Å²) in [5.74, 6) is 1.61. The molecule has 22 heavy (non-hydrogen) atoms. The largest absolute Gasteiger partial charge is 0.497 e. The molecule has 0 fully saturated rings. The predicted molar refractivity (Wildman–Crippen MR) is 91.7 cm³/mol. The van der Waals surface area contributed by atoms with Gasteiger partial charge in [-0.2, -0.15) is 0 Å². The molecular weight excluding hydrogens is 296 g/mol. The highest BCUT2D eigenvalue weighted by Gasteiger charge is 2.30. The number of hydrogen-bond donors (Lipinski definition) is 1. The summed E-state index contributed by atoms with van der Waals surface area (Å²) in [4.78, 5) is 8.22. The molecule has 1 aliphatic rings. The molecule has 1 heterocycles. The summed E-state index contributed by atoms with van der Waals surface area (Å²) in [7, 11) is 3.28. The Labute approximate surface area is 134 Å². The summed E-state index contributed by atoms with van der Waals surface area (Å²) < 4.78 is 10.3. The van der Waals surface area contributed by atoms with E-state index in [0.29, 0.717) is 0 Å². The van der Waals surface area contributed by atoms with Crippen molar-refractivity contribution in [2.45, 2.75) is 4.99 Å². The zero-order chi connectivity index (χ0) is 15.6. The molecule has 0 N–H and O–H groups in total. The Bertz CT molecular complexity index is 723. The van der Waals surface area contributed by atoms with Gasteiger partial charge in [0.25, 0.3) is 0 Å². The van der Waals surface area contributed by atoms with Crippen molar-refractivity contribution in [3.63, 3.8) is 0 Å². The monoisotopic (exact) mass is 312 g/mol. The second kappa shape index (κ2) is 5.85. The van der Waals surface area contributed by atoms with Gasteiger partial charge in [0.05, 0.1) is 26.1 Å². The van der Waals surface area contributed by atoms with Crippen molar-refractivity contribution in [3.8, 4) is 11.5 Å². The second-order valence-electron chi connectivity index (χ2n) is 4.85. The molecule has 4 nitrogen and oxygen atoms in total. The topological polar surface area (TPSA) is 43.2 Å². The number of benzene rings is 2. The molecule has 1 unspecified atom stereocenters.